The number of nitrogens with one attached hydrogen (secondary N) is 2. The molecule has 1 amide bonds. The molecular weight excluding hydrogens is 414 g/mol. The van der Waals surface area contributed by atoms with Gasteiger partial charge in [0.25, 0.3) is 5.91 Å². The number of benzene rings is 1. The van der Waals surface area contributed by atoms with Crippen molar-refractivity contribution >= 4 is 56.6 Å². The monoisotopic (exact) mass is 428 g/mol. The van der Waals surface area contributed by atoms with Gasteiger partial charge in [0.2, 0.25) is 3.79 Å². The fourth-order valence-electron chi connectivity index (χ4n) is 2.12. The molecule has 122 valence electrons. The minimum atomic E-state index is -1.66. The third-order valence-electron chi connectivity index (χ3n) is 3.28. The highest BCUT2D eigenvalue weighted by atomic mass is 79.9. The molecule has 1 aromatic carbocycles. The van der Waals surface area contributed by atoms with Gasteiger partial charge in [0, 0.05) is 23.2 Å². The predicted octanol–water partition coefficient (Wildman–Crippen LogP) is 3.64. The second kappa shape index (κ2) is 8.18. The highest BCUT2D eigenvalue weighted by molar-refractivity contribution is 9.10. The van der Waals surface area contributed by atoms with Gasteiger partial charge in [-0.3, -0.25) is 10.1 Å². The van der Waals surface area contributed by atoms with E-state index in [9.17, 15) is 4.79 Å². The number of alkyl halides is 3. The first-order chi connectivity index (χ1) is 10.4. The van der Waals surface area contributed by atoms with Gasteiger partial charge in [-0.2, -0.15) is 0 Å². The number of amides is 1. The Kier molecular flexibility index (Phi) is 6.80. The van der Waals surface area contributed by atoms with Crippen molar-refractivity contribution in [3.63, 3.8) is 0 Å². The molecule has 0 saturated carbocycles. The molecular formula is C14H16BrCl3N2O2. The fraction of sp³-hybridized carbons (Fsp3) is 0.500. The lowest BCUT2D eigenvalue weighted by Crippen LogP contribution is -2.54. The highest BCUT2D eigenvalue weighted by Gasteiger charge is 2.34. The molecule has 2 N–H and O–H groups in total. The molecule has 1 aliphatic heterocycles. The molecule has 1 aliphatic rings. The van der Waals surface area contributed by atoms with Crippen LogP contribution in [0.3, 0.4) is 0 Å². The lowest BCUT2D eigenvalue weighted by molar-refractivity contribution is 0.0897. The first-order valence-electron chi connectivity index (χ1n) is 6.84. The molecule has 1 fully saturated rings. The zero-order valence-corrected chi connectivity index (χ0v) is 15.5. The standard InChI is InChI=1S/C14H16BrCl3N2O2/c15-10-5-3-9(4-6-10)12(21)20-13(14(16,17)18)19-8-11-2-1-7-22-11/h3-6,11,13,19H,1-2,7-8H2,(H,20,21). The van der Waals surface area contributed by atoms with Gasteiger partial charge in [-0.15, -0.1) is 0 Å². The summed E-state index contributed by atoms with van der Waals surface area (Å²) in [5.41, 5.74) is 0.487. The van der Waals surface area contributed by atoms with Crippen LogP contribution in [0.15, 0.2) is 28.7 Å². The normalized spacial score (nSPS) is 19.9. The smallest absolute Gasteiger partial charge is 0.252 e. The van der Waals surface area contributed by atoms with Gasteiger partial charge < -0.3 is 10.1 Å². The summed E-state index contributed by atoms with van der Waals surface area (Å²) in [5, 5.41) is 5.75. The fourth-order valence-corrected chi connectivity index (χ4v) is 2.78. The number of hydrogen-bond acceptors (Lipinski definition) is 3. The Morgan fingerprint density at radius 2 is 2.05 bits per heavy atom. The van der Waals surface area contributed by atoms with Crippen molar-refractivity contribution in [2.45, 2.75) is 28.9 Å². The summed E-state index contributed by atoms with van der Waals surface area (Å²) >= 11 is 21.2. The van der Waals surface area contributed by atoms with E-state index in [1.165, 1.54) is 0 Å². The Morgan fingerprint density at radius 3 is 2.59 bits per heavy atom. The van der Waals surface area contributed by atoms with Gasteiger partial charge >= 0.3 is 0 Å². The number of halogens is 4. The van der Waals surface area contributed by atoms with E-state index in [4.69, 9.17) is 39.5 Å². The molecule has 2 rings (SSSR count). The van der Waals surface area contributed by atoms with Crippen molar-refractivity contribution < 1.29 is 9.53 Å². The zero-order valence-electron chi connectivity index (χ0n) is 11.6. The molecule has 0 spiro atoms. The summed E-state index contributed by atoms with van der Waals surface area (Å²) in [6.45, 7) is 1.26. The minimum Gasteiger partial charge on any atom is -0.377 e. The molecule has 1 aromatic rings. The second-order valence-electron chi connectivity index (χ2n) is 5.00. The van der Waals surface area contributed by atoms with E-state index in [1.807, 2.05) is 0 Å². The van der Waals surface area contributed by atoms with Gasteiger partial charge in [0.1, 0.15) is 6.17 Å². The van der Waals surface area contributed by atoms with Gasteiger partial charge in [-0.05, 0) is 37.1 Å². The minimum absolute atomic E-state index is 0.0828. The number of hydrogen-bond donors (Lipinski definition) is 2. The highest BCUT2D eigenvalue weighted by Crippen LogP contribution is 2.29. The summed E-state index contributed by atoms with van der Waals surface area (Å²) in [5.74, 6) is -0.316. The Bertz CT molecular complexity index is 502. The van der Waals surface area contributed by atoms with Crippen LogP contribution in [0.25, 0.3) is 0 Å². The van der Waals surface area contributed by atoms with Crippen LogP contribution in [0.5, 0.6) is 0 Å². The molecule has 0 radical (unpaired) electrons. The average Bonchev–Trinajstić information content (AvgIpc) is 2.96. The second-order valence-corrected chi connectivity index (χ2v) is 8.28. The maximum absolute atomic E-state index is 12.2. The number of rotatable bonds is 5. The zero-order chi connectivity index (χ0) is 16.2. The van der Waals surface area contributed by atoms with Gasteiger partial charge in [-0.25, -0.2) is 0 Å². The molecule has 2 atom stereocenters. The van der Waals surface area contributed by atoms with E-state index in [2.05, 4.69) is 26.6 Å². The molecule has 1 heterocycles. The Labute approximate surface area is 152 Å². The summed E-state index contributed by atoms with van der Waals surface area (Å²) in [6, 6.07) is 6.93. The molecule has 4 nitrogen and oxygen atoms in total. The van der Waals surface area contributed by atoms with E-state index in [0.29, 0.717) is 12.1 Å². The first-order valence-corrected chi connectivity index (χ1v) is 8.77. The van der Waals surface area contributed by atoms with Crippen LogP contribution < -0.4 is 10.6 Å². The van der Waals surface area contributed by atoms with E-state index in [1.54, 1.807) is 24.3 Å². The van der Waals surface area contributed by atoms with Crippen molar-refractivity contribution in [1.29, 1.82) is 0 Å². The number of carbonyl (C=O) groups excluding carboxylic acids is 1. The summed E-state index contributed by atoms with van der Waals surface area (Å²) < 4.78 is 4.73. The summed E-state index contributed by atoms with van der Waals surface area (Å²) in [6.07, 6.45) is 1.26. The van der Waals surface area contributed by atoms with Gasteiger partial charge in [-0.1, -0.05) is 50.7 Å². The lowest BCUT2D eigenvalue weighted by Gasteiger charge is -2.27. The Hall–Kier alpha value is -0.0400. The topological polar surface area (TPSA) is 50.4 Å². The van der Waals surface area contributed by atoms with E-state index in [0.717, 1.165) is 23.9 Å². The van der Waals surface area contributed by atoms with Crippen LogP contribution in [0.2, 0.25) is 0 Å². The number of carbonyl (C=O) groups is 1. The first kappa shape index (κ1) is 18.3. The predicted molar refractivity (Wildman–Crippen MR) is 92.7 cm³/mol. The maximum Gasteiger partial charge on any atom is 0.252 e. The van der Waals surface area contributed by atoms with Crippen molar-refractivity contribution in [3.8, 4) is 0 Å². The third-order valence-corrected chi connectivity index (χ3v) is 4.47. The third kappa shape index (κ3) is 5.55. The van der Waals surface area contributed by atoms with E-state index < -0.39 is 9.96 Å². The molecule has 22 heavy (non-hydrogen) atoms. The van der Waals surface area contributed by atoms with Crippen LogP contribution in [0, 0.1) is 0 Å². The molecule has 0 aliphatic carbocycles. The van der Waals surface area contributed by atoms with Crippen LogP contribution >= 0.6 is 50.7 Å². The van der Waals surface area contributed by atoms with Crippen LogP contribution in [-0.2, 0) is 4.74 Å². The largest absolute Gasteiger partial charge is 0.377 e. The number of ether oxygens (including phenoxy) is 1. The molecule has 1 saturated heterocycles. The van der Waals surface area contributed by atoms with Crippen molar-refractivity contribution in [1.82, 2.24) is 10.6 Å². The Balaban J connectivity index is 1.96. The summed E-state index contributed by atoms with van der Waals surface area (Å²) in [4.78, 5) is 12.2. The van der Waals surface area contributed by atoms with E-state index >= 15 is 0 Å². The van der Waals surface area contributed by atoms with E-state index in [-0.39, 0.29) is 12.0 Å². The van der Waals surface area contributed by atoms with Crippen LogP contribution in [-0.4, -0.2) is 35.1 Å². The maximum atomic E-state index is 12.2. The van der Waals surface area contributed by atoms with Crippen LogP contribution in [0.4, 0.5) is 0 Å². The molecule has 0 bridgehead atoms. The molecule has 8 heteroatoms. The summed E-state index contributed by atoms with van der Waals surface area (Å²) in [7, 11) is 0. The van der Waals surface area contributed by atoms with Gasteiger partial charge in [0.15, 0.2) is 0 Å². The van der Waals surface area contributed by atoms with Crippen LogP contribution in [0.1, 0.15) is 23.2 Å². The quantitative estimate of drug-likeness (QED) is 0.554. The average molecular weight is 431 g/mol. The Morgan fingerprint density at radius 1 is 1.36 bits per heavy atom. The van der Waals surface area contributed by atoms with Crippen molar-refractivity contribution in [2.75, 3.05) is 13.2 Å². The SMILES string of the molecule is O=C(NC(NCC1CCCO1)C(Cl)(Cl)Cl)c1ccc(Br)cc1. The lowest BCUT2D eigenvalue weighted by atomic mass is 10.2. The van der Waals surface area contributed by atoms with Crippen molar-refractivity contribution in [3.05, 3.63) is 34.3 Å². The molecule has 0 aromatic heterocycles. The van der Waals surface area contributed by atoms with Gasteiger partial charge in [0.05, 0.1) is 6.10 Å². The molecule has 2 unspecified atom stereocenters. The van der Waals surface area contributed by atoms with Crippen molar-refractivity contribution in [2.24, 2.45) is 0 Å².